The van der Waals surface area contributed by atoms with E-state index in [4.69, 9.17) is 4.74 Å². The Morgan fingerprint density at radius 1 is 0.783 bits per heavy atom. The van der Waals surface area contributed by atoms with E-state index in [2.05, 4.69) is 66.0 Å². The molecule has 4 rings (SSSR count). The number of hydrogen-bond acceptors (Lipinski definition) is 1. The minimum atomic E-state index is 0.379. The van der Waals surface area contributed by atoms with Crippen LogP contribution in [0.2, 0.25) is 0 Å². The van der Waals surface area contributed by atoms with E-state index >= 15 is 0 Å². The first-order valence-electron chi connectivity index (χ1n) is 8.01. The number of ether oxygens (including phenoxy) is 1. The van der Waals surface area contributed by atoms with Gasteiger partial charge >= 0.3 is 0 Å². The normalized spacial score (nSPS) is 12.7. The van der Waals surface area contributed by atoms with Gasteiger partial charge in [-0.25, -0.2) is 0 Å². The van der Waals surface area contributed by atoms with Crippen LogP contribution in [0.3, 0.4) is 0 Å². The lowest BCUT2D eigenvalue weighted by Crippen LogP contribution is -2.83. The molecule has 2 heteroatoms. The number of hydrogen-bond donors (Lipinski definition) is 1. The van der Waals surface area contributed by atoms with Gasteiger partial charge in [-0.05, 0) is 35.4 Å². The van der Waals surface area contributed by atoms with Crippen LogP contribution in [0.5, 0.6) is 5.75 Å². The minimum absolute atomic E-state index is 0.379. The molecule has 0 saturated carbocycles. The van der Waals surface area contributed by atoms with Crippen LogP contribution in [0.25, 0.3) is 11.1 Å². The summed E-state index contributed by atoms with van der Waals surface area (Å²) in [5.74, 6) is 0.908. The van der Waals surface area contributed by atoms with Crippen molar-refractivity contribution in [1.29, 1.82) is 0 Å². The number of rotatable bonds is 4. The van der Waals surface area contributed by atoms with E-state index in [9.17, 15) is 0 Å². The molecule has 0 atom stereocenters. The summed E-state index contributed by atoms with van der Waals surface area (Å²) in [6.45, 7) is 0.956. The van der Waals surface area contributed by atoms with Crippen molar-refractivity contribution in [3.05, 3.63) is 89.5 Å². The molecule has 0 saturated heterocycles. The van der Waals surface area contributed by atoms with Crippen molar-refractivity contribution >= 4 is 0 Å². The van der Waals surface area contributed by atoms with Crippen molar-refractivity contribution in [2.45, 2.75) is 12.6 Å². The highest BCUT2D eigenvalue weighted by atomic mass is 16.5. The number of quaternary nitrogens is 1. The summed E-state index contributed by atoms with van der Waals surface area (Å²) in [5.41, 5.74) is 6.90. The molecule has 0 heterocycles. The molecule has 1 aliphatic carbocycles. The maximum absolute atomic E-state index is 5.23. The first kappa shape index (κ1) is 14.0. The summed E-state index contributed by atoms with van der Waals surface area (Å²) >= 11 is 0. The van der Waals surface area contributed by atoms with Crippen molar-refractivity contribution in [3.63, 3.8) is 0 Å². The van der Waals surface area contributed by atoms with Gasteiger partial charge in [0, 0.05) is 16.7 Å². The van der Waals surface area contributed by atoms with Crippen LogP contribution in [0.1, 0.15) is 22.7 Å². The summed E-state index contributed by atoms with van der Waals surface area (Å²) in [6.07, 6.45) is 0. The van der Waals surface area contributed by atoms with Crippen LogP contribution < -0.4 is 10.1 Å². The predicted octanol–water partition coefficient (Wildman–Crippen LogP) is 3.53. The average Bonchev–Trinajstić information content (AvgIpc) is 2.94. The Labute approximate surface area is 136 Å². The molecule has 0 fully saturated rings. The Balaban J connectivity index is 1.61. The Kier molecular flexibility index (Phi) is 3.60. The fourth-order valence-corrected chi connectivity index (χ4v) is 3.46. The Morgan fingerprint density at radius 2 is 1.35 bits per heavy atom. The molecule has 23 heavy (non-hydrogen) atoms. The molecule has 114 valence electrons. The molecule has 2 nitrogen and oxygen atoms in total. The number of fused-ring (bicyclic) bond motifs is 3. The topological polar surface area (TPSA) is 25.8 Å². The number of benzene rings is 3. The van der Waals surface area contributed by atoms with Crippen LogP contribution in [-0.4, -0.2) is 7.11 Å². The van der Waals surface area contributed by atoms with Gasteiger partial charge in [-0.3, -0.25) is 0 Å². The van der Waals surface area contributed by atoms with Crippen molar-refractivity contribution in [1.82, 2.24) is 0 Å². The fourth-order valence-electron chi connectivity index (χ4n) is 3.46. The lowest BCUT2D eigenvalue weighted by atomic mass is 10.0. The van der Waals surface area contributed by atoms with E-state index in [1.54, 1.807) is 7.11 Å². The van der Waals surface area contributed by atoms with Crippen molar-refractivity contribution in [2.24, 2.45) is 0 Å². The molecule has 0 radical (unpaired) electrons. The van der Waals surface area contributed by atoms with Crippen molar-refractivity contribution in [3.8, 4) is 16.9 Å². The summed E-state index contributed by atoms with van der Waals surface area (Å²) in [7, 11) is 1.70. The van der Waals surface area contributed by atoms with Crippen molar-refractivity contribution < 1.29 is 10.1 Å². The van der Waals surface area contributed by atoms with Crippen LogP contribution in [0.4, 0.5) is 0 Å². The van der Waals surface area contributed by atoms with E-state index in [1.807, 2.05) is 12.1 Å². The molecule has 3 aromatic rings. The highest BCUT2D eigenvalue weighted by Crippen LogP contribution is 2.41. The van der Waals surface area contributed by atoms with E-state index < -0.39 is 0 Å². The van der Waals surface area contributed by atoms with Gasteiger partial charge in [-0.15, -0.1) is 0 Å². The molecule has 1 aliphatic rings. The average molecular weight is 302 g/mol. The number of nitrogens with two attached hydrogens (primary N) is 1. The maximum Gasteiger partial charge on any atom is 0.139 e. The van der Waals surface area contributed by atoms with Crippen LogP contribution in [0.15, 0.2) is 72.8 Å². The largest absolute Gasteiger partial charge is 0.497 e. The van der Waals surface area contributed by atoms with Crippen molar-refractivity contribution in [2.75, 3.05) is 7.11 Å². The lowest BCUT2D eigenvalue weighted by molar-refractivity contribution is -0.701. The standard InChI is InChI=1S/C21H19NO/c1-23-16-12-10-15(11-13-16)14-22-21-19-8-4-2-6-17(19)18-7-3-5-9-20(18)21/h2-13,21-22H,14H2,1H3/p+1. The highest BCUT2D eigenvalue weighted by molar-refractivity contribution is 5.77. The second-order valence-electron chi connectivity index (χ2n) is 5.94. The van der Waals surface area contributed by atoms with Crippen LogP contribution in [0, 0.1) is 0 Å². The van der Waals surface area contributed by atoms with E-state index in [0.29, 0.717) is 6.04 Å². The highest BCUT2D eigenvalue weighted by Gasteiger charge is 2.30. The Morgan fingerprint density at radius 3 is 1.91 bits per heavy atom. The number of methoxy groups -OCH3 is 1. The summed E-state index contributed by atoms with van der Waals surface area (Å²) in [4.78, 5) is 0. The third-order valence-corrected chi connectivity index (χ3v) is 4.63. The Bertz CT molecular complexity index is 778. The zero-order valence-electron chi connectivity index (χ0n) is 13.2. The molecule has 0 aromatic heterocycles. The van der Waals surface area contributed by atoms with E-state index in [1.165, 1.54) is 27.8 Å². The van der Waals surface area contributed by atoms with Crippen LogP contribution >= 0.6 is 0 Å². The first-order chi connectivity index (χ1) is 11.4. The Hall–Kier alpha value is -2.58. The second-order valence-corrected chi connectivity index (χ2v) is 5.94. The van der Waals surface area contributed by atoms with E-state index in [0.717, 1.165) is 12.3 Å². The quantitative estimate of drug-likeness (QED) is 0.784. The summed E-state index contributed by atoms with van der Waals surface area (Å²) < 4.78 is 5.23. The second kappa shape index (κ2) is 5.90. The first-order valence-corrected chi connectivity index (χ1v) is 8.01. The molecule has 3 aromatic carbocycles. The molecule has 0 aliphatic heterocycles. The monoisotopic (exact) mass is 302 g/mol. The molecule has 0 bridgehead atoms. The minimum Gasteiger partial charge on any atom is -0.497 e. The fraction of sp³-hybridized carbons (Fsp3) is 0.143. The van der Waals surface area contributed by atoms with Gasteiger partial charge in [-0.2, -0.15) is 0 Å². The zero-order valence-corrected chi connectivity index (χ0v) is 13.2. The van der Waals surface area contributed by atoms with Gasteiger partial charge in [0.15, 0.2) is 0 Å². The molecule has 0 unspecified atom stereocenters. The zero-order chi connectivity index (χ0) is 15.6. The van der Waals surface area contributed by atoms with Gasteiger partial charge in [0.2, 0.25) is 0 Å². The SMILES string of the molecule is COc1ccc(C[NH2+]C2c3ccccc3-c3ccccc32)cc1. The third-order valence-electron chi connectivity index (χ3n) is 4.63. The van der Waals surface area contributed by atoms with E-state index in [-0.39, 0.29) is 0 Å². The molecule has 0 spiro atoms. The van der Waals surface area contributed by atoms with Gasteiger partial charge in [0.05, 0.1) is 7.11 Å². The smallest absolute Gasteiger partial charge is 0.139 e. The van der Waals surface area contributed by atoms with Crippen LogP contribution in [-0.2, 0) is 6.54 Å². The lowest BCUT2D eigenvalue weighted by Gasteiger charge is -2.12. The van der Waals surface area contributed by atoms with Gasteiger partial charge < -0.3 is 10.1 Å². The van der Waals surface area contributed by atoms with Gasteiger partial charge in [-0.1, -0.05) is 48.5 Å². The molecule has 0 amide bonds. The molecular formula is C21H20NO+. The molecule has 2 N–H and O–H groups in total. The predicted molar refractivity (Wildman–Crippen MR) is 92.3 cm³/mol. The maximum atomic E-state index is 5.23. The molecular weight excluding hydrogens is 282 g/mol. The third kappa shape index (κ3) is 2.51. The van der Waals surface area contributed by atoms with Gasteiger partial charge in [0.1, 0.15) is 18.3 Å². The van der Waals surface area contributed by atoms with Gasteiger partial charge in [0.25, 0.3) is 0 Å². The summed E-state index contributed by atoms with van der Waals surface area (Å²) in [5, 5.41) is 2.42. The summed E-state index contributed by atoms with van der Waals surface area (Å²) in [6, 6.07) is 26.2.